The van der Waals surface area contributed by atoms with Crippen LogP contribution in [0.1, 0.15) is 24.3 Å². The Morgan fingerprint density at radius 1 is 1.53 bits per heavy atom. The Morgan fingerprint density at radius 3 is 2.58 bits per heavy atom. The minimum atomic E-state index is -3.86. The van der Waals surface area contributed by atoms with E-state index in [1.54, 1.807) is 0 Å². The molecule has 0 unspecified atom stereocenters. The van der Waals surface area contributed by atoms with Crippen molar-refractivity contribution in [3.05, 3.63) is 18.0 Å². The third-order valence-electron chi connectivity index (χ3n) is 2.78. The Kier molecular flexibility index (Phi) is 4.03. The standard InChI is InChI=1S/C11H15N3O4S/c1-11(2,7-12)14(3)19(16,17)8-5-9(13-6-8)10(15)18-4/h5-6,13H,1-4H3. The zero-order chi connectivity index (χ0) is 14.8. The summed E-state index contributed by atoms with van der Waals surface area (Å²) >= 11 is 0. The zero-order valence-corrected chi connectivity index (χ0v) is 11.9. The average molecular weight is 285 g/mol. The lowest BCUT2D eigenvalue weighted by Gasteiger charge is -2.27. The molecule has 1 heterocycles. The van der Waals surface area contributed by atoms with E-state index in [0.29, 0.717) is 0 Å². The highest BCUT2D eigenvalue weighted by atomic mass is 32.2. The number of esters is 1. The number of nitrogens with zero attached hydrogens (tertiary/aromatic N) is 2. The van der Waals surface area contributed by atoms with Gasteiger partial charge in [0.05, 0.1) is 13.2 Å². The molecule has 0 amide bonds. The average Bonchev–Trinajstić information content (AvgIpc) is 2.87. The predicted molar refractivity (Wildman–Crippen MR) is 66.8 cm³/mol. The Morgan fingerprint density at radius 2 is 2.11 bits per heavy atom. The topological polar surface area (TPSA) is 103 Å². The van der Waals surface area contributed by atoms with E-state index in [-0.39, 0.29) is 10.6 Å². The van der Waals surface area contributed by atoms with Gasteiger partial charge in [-0.25, -0.2) is 13.2 Å². The number of rotatable bonds is 4. The molecule has 7 nitrogen and oxygen atoms in total. The van der Waals surface area contributed by atoms with Gasteiger partial charge in [-0.2, -0.15) is 9.57 Å². The molecule has 19 heavy (non-hydrogen) atoms. The minimum Gasteiger partial charge on any atom is -0.464 e. The van der Waals surface area contributed by atoms with E-state index in [0.717, 1.165) is 4.31 Å². The summed E-state index contributed by atoms with van der Waals surface area (Å²) in [6.07, 6.45) is 1.19. The van der Waals surface area contributed by atoms with Crippen molar-refractivity contribution in [2.24, 2.45) is 0 Å². The Bertz CT molecular complexity index is 625. The van der Waals surface area contributed by atoms with Crippen LogP contribution in [0.25, 0.3) is 0 Å². The van der Waals surface area contributed by atoms with E-state index >= 15 is 0 Å². The van der Waals surface area contributed by atoms with Crippen molar-refractivity contribution in [1.82, 2.24) is 9.29 Å². The lowest BCUT2D eigenvalue weighted by Crippen LogP contribution is -2.43. The molecule has 0 aliphatic rings. The molecule has 104 valence electrons. The van der Waals surface area contributed by atoms with Gasteiger partial charge in [0.2, 0.25) is 10.0 Å². The van der Waals surface area contributed by atoms with E-state index in [2.05, 4.69) is 9.72 Å². The lowest BCUT2D eigenvalue weighted by atomic mass is 10.1. The van der Waals surface area contributed by atoms with Gasteiger partial charge in [-0.15, -0.1) is 0 Å². The van der Waals surface area contributed by atoms with E-state index in [4.69, 9.17) is 5.26 Å². The summed E-state index contributed by atoms with van der Waals surface area (Å²) in [5.41, 5.74) is -1.16. The molecule has 0 aromatic carbocycles. The summed E-state index contributed by atoms with van der Waals surface area (Å²) in [5, 5.41) is 8.97. The summed E-state index contributed by atoms with van der Waals surface area (Å²) in [5.74, 6) is -0.663. The van der Waals surface area contributed by atoms with Crippen LogP contribution in [-0.4, -0.2) is 43.4 Å². The van der Waals surface area contributed by atoms with Crippen LogP contribution in [0.15, 0.2) is 17.2 Å². The third kappa shape index (κ3) is 2.77. The first-order chi connectivity index (χ1) is 8.66. The first-order valence-electron chi connectivity index (χ1n) is 5.34. The molecule has 1 rings (SSSR count). The number of hydrogen-bond acceptors (Lipinski definition) is 5. The molecule has 0 saturated heterocycles. The number of hydrogen-bond donors (Lipinski definition) is 1. The van der Waals surface area contributed by atoms with Crippen molar-refractivity contribution in [2.75, 3.05) is 14.2 Å². The van der Waals surface area contributed by atoms with E-state index in [1.165, 1.54) is 40.3 Å². The molecular weight excluding hydrogens is 270 g/mol. The third-order valence-corrected chi connectivity index (χ3v) is 4.79. The number of methoxy groups -OCH3 is 1. The number of carbonyl (C=O) groups is 1. The van der Waals surface area contributed by atoms with Gasteiger partial charge in [-0.05, 0) is 19.9 Å². The molecule has 1 aromatic rings. The fraction of sp³-hybridized carbons (Fsp3) is 0.455. The predicted octanol–water partition coefficient (Wildman–Crippen LogP) is 0.724. The van der Waals surface area contributed by atoms with E-state index in [1.807, 2.05) is 6.07 Å². The van der Waals surface area contributed by atoms with E-state index in [9.17, 15) is 13.2 Å². The van der Waals surface area contributed by atoms with Gasteiger partial charge in [-0.1, -0.05) is 0 Å². The SMILES string of the molecule is COC(=O)c1cc(S(=O)(=O)N(C)C(C)(C)C#N)c[nH]1. The van der Waals surface area contributed by atoms with Gasteiger partial charge in [0.1, 0.15) is 16.1 Å². The number of aromatic amines is 1. The van der Waals surface area contributed by atoms with Gasteiger partial charge in [0, 0.05) is 13.2 Å². The van der Waals surface area contributed by atoms with Crippen molar-refractivity contribution in [1.29, 1.82) is 5.26 Å². The van der Waals surface area contributed by atoms with Crippen molar-refractivity contribution in [3.63, 3.8) is 0 Å². The molecule has 0 spiro atoms. The minimum absolute atomic E-state index is 0.0317. The fourth-order valence-corrected chi connectivity index (χ4v) is 2.71. The smallest absolute Gasteiger partial charge is 0.354 e. The highest BCUT2D eigenvalue weighted by Crippen LogP contribution is 2.22. The fourth-order valence-electron chi connectivity index (χ4n) is 1.28. The van der Waals surface area contributed by atoms with Crippen LogP contribution in [-0.2, 0) is 14.8 Å². The van der Waals surface area contributed by atoms with Gasteiger partial charge < -0.3 is 9.72 Å². The second-order valence-electron chi connectivity index (χ2n) is 4.38. The molecule has 0 saturated carbocycles. The van der Waals surface area contributed by atoms with Crippen LogP contribution >= 0.6 is 0 Å². The van der Waals surface area contributed by atoms with Crippen molar-refractivity contribution >= 4 is 16.0 Å². The molecule has 0 fully saturated rings. The number of ether oxygens (including phenoxy) is 1. The van der Waals surface area contributed by atoms with Crippen LogP contribution in [0.3, 0.4) is 0 Å². The van der Waals surface area contributed by atoms with Crippen LogP contribution in [0.4, 0.5) is 0 Å². The highest BCUT2D eigenvalue weighted by molar-refractivity contribution is 7.89. The lowest BCUT2D eigenvalue weighted by molar-refractivity contribution is 0.0595. The molecule has 0 aliphatic heterocycles. The molecule has 0 aliphatic carbocycles. The maximum absolute atomic E-state index is 12.3. The first kappa shape index (κ1) is 15.2. The number of carbonyl (C=O) groups excluding carboxylic acids is 1. The quantitative estimate of drug-likeness (QED) is 0.821. The largest absolute Gasteiger partial charge is 0.464 e. The zero-order valence-electron chi connectivity index (χ0n) is 11.1. The summed E-state index contributed by atoms with van der Waals surface area (Å²) in [6.45, 7) is 2.97. The summed E-state index contributed by atoms with van der Waals surface area (Å²) < 4.78 is 30.0. The number of nitriles is 1. The molecule has 1 N–H and O–H groups in total. The normalized spacial score (nSPS) is 12.2. The number of H-pyrrole nitrogens is 1. The highest BCUT2D eigenvalue weighted by Gasteiger charge is 2.35. The molecule has 1 aromatic heterocycles. The number of sulfonamides is 1. The molecule has 0 bridgehead atoms. The second kappa shape index (κ2) is 5.03. The maximum Gasteiger partial charge on any atom is 0.354 e. The molecule has 0 atom stereocenters. The molecular formula is C11H15N3O4S. The van der Waals surface area contributed by atoms with E-state index < -0.39 is 21.5 Å². The van der Waals surface area contributed by atoms with Crippen molar-refractivity contribution in [2.45, 2.75) is 24.3 Å². The molecule has 8 heteroatoms. The number of aromatic nitrogens is 1. The van der Waals surface area contributed by atoms with Crippen molar-refractivity contribution in [3.8, 4) is 6.07 Å². The van der Waals surface area contributed by atoms with Gasteiger partial charge >= 0.3 is 5.97 Å². The maximum atomic E-state index is 12.3. The summed E-state index contributed by atoms with van der Waals surface area (Å²) in [4.78, 5) is 13.7. The van der Waals surface area contributed by atoms with Crippen LogP contribution < -0.4 is 0 Å². The summed E-state index contributed by atoms with van der Waals surface area (Å²) in [7, 11) is -1.35. The van der Waals surface area contributed by atoms with Gasteiger partial charge in [-0.3, -0.25) is 0 Å². The van der Waals surface area contributed by atoms with Crippen molar-refractivity contribution < 1.29 is 17.9 Å². The van der Waals surface area contributed by atoms with Gasteiger partial charge in [0.25, 0.3) is 0 Å². The molecule has 0 radical (unpaired) electrons. The monoisotopic (exact) mass is 285 g/mol. The Hall–Kier alpha value is -1.85. The summed E-state index contributed by atoms with van der Waals surface area (Å²) in [6, 6.07) is 3.07. The second-order valence-corrected chi connectivity index (χ2v) is 6.35. The van der Waals surface area contributed by atoms with Crippen LogP contribution in [0.5, 0.6) is 0 Å². The Labute approximate surface area is 111 Å². The van der Waals surface area contributed by atoms with Crippen LogP contribution in [0, 0.1) is 11.3 Å². The van der Waals surface area contributed by atoms with Crippen LogP contribution in [0.2, 0.25) is 0 Å². The Balaban J connectivity index is 3.19. The van der Waals surface area contributed by atoms with Gasteiger partial charge in [0.15, 0.2) is 0 Å². The number of nitrogens with one attached hydrogen (secondary N) is 1. The first-order valence-corrected chi connectivity index (χ1v) is 6.78.